The molecule has 25 heavy (non-hydrogen) atoms. The number of hydrogen-bond acceptors (Lipinski definition) is 3. The molecule has 2 aromatic rings. The maximum atomic E-state index is 13.2. The number of nitrogens with zero attached hydrogens (tertiary/aromatic N) is 1. The highest BCUT2D eigenvalue weighted by Crippen LogP contribution is 2.45. The summed E-state index contributed by atoms with van der Waals surface area (Å²) >= 11 is 0. The second-order valence-electron chi connectivity index (χ2n) is 7.10. The first-order valence-electron chi connectivity index (χ1n) is 8.69. The lowest BCUT2D eigenvalue weighted by Crippen LogP contribution is -2.57. The molecule has 1 amide bonds. The van der Waals surface area contributed by atoms with Crippen molar-refractivity contribution >= 4 is 11.9 Å². The van der Waals surface area contributed by atoms with Crippen LogP contribution in [0.1, 0.15) is 30.5 Å². The molecule has 2 heterocycles. The van der Waals surface area contributed by atoms with E-state index in [1.165, 1.54) is 0 Å². The van der Waals surface area contributed by atoms with E-state index in [4.69, 9.17) is 4.74 Å². The molecule has 4 heteroatoms. The molecule has 0 radical (unpaired) electrons. The van der Waals surface area contributed by atoms with Crippen LogP contribution in [0.3, 0.4) is 0 Å². The third-order valence-corrected chi connectivity index (χ3v) is 5.40. The molecule has 0 spiro atoms. The highest BCUT2D eigenvalue weighted by atomic mass is 16.5. The van der Waals surface area contributed by atoms with Gasteiger partial charge in [0.1, 0.15) is 12.1 Å². The summed E-state index contributed by atoms with van der Waals surface area (Å²) in [6, 6.07) is 19.6. The van der Waals surface area contributed by atoms with E-state index in [1.807, 2.05) is 67.6 Å². The van der Waals surface area contributed by atoms with Crippen molar-refractivity contribution < 1.29 is 14.3 Å². The lowest BCUT2D eigenvalue weighted by Gasteiger charge is -2.43. The highest BCUT2D eigenvalue weighted by molar-refractivity contribution is 5.94. The van der Waals surface area contributed by atoms with E-state index >= 15 is 0 Å². The van der Waals surface area contributed by atoms with Crippen LogP contribution in [0.4, 0.5) is 0 Å². The fourth-order valence-corrected chi connectivity index (χ4v) is 4.15. The molecule has 2 aromatic carbocycles. The number of amides is 1. The van der Waals surface area contributed by atoms with Crippen molar-refractivity contribution in [2.45, 2.75) is 31.3 Å². The molecule has 2 fully saturated rings. The van der Waals surface area contributed by atoms with Gasteiger partial charge < -0.3 is 9.64 Å². The van der Waals surface area contributed by atoms with Crippen LogP contribution in [-0.2, 0) is 20.7 Å². The average molecular weight is 335 g/mol. The van der Waals surface area contributed by atoms with E-state index < -0.39 is 5.54 Å². The van der Waals surface area contributed by atoms with Gasteiger partial charge in [-0.1, -0.05) is 60.7 Å². The molecule has 128 valence electrons. The molecule has 4 rings (SSSR count). The fourth-order valence-electron chi connectivity index (χ4n) is 4.15. The number of hydrogen-bond donors (Lipinski definition) is 0. The lowest BCUT2D eigenvalue weighted by atomic mass is 9.89. The number of esters is 1. The number of fused-ring (bicyclic) bond motifs is 1. The summed E-state index contributed by atoms with van der Waals surface area (Å²) in [5.41, 5.74) is 1.25. The van der Waals surface area contributed by atoms with Gasteiger partial charge in [-0.3, -0.25) is 4.79 Å². The molecule has 0 unspecified atom stereocenters. The molecule has 0 bridgehead atoms. The van der Waals surface area contributed by atoms with Crippen molar-refractivity contribution in [2.24, 2.45) is 5.92 Å². The minimum atomic E-state index is -0.880. The van der Waals surface area contributed by atoms with Crippen LogP contribution in [0.2, 0.25) is 0 Å². The molecule has 2 aliphatic heterocycles. The molecule has 2 aliphatic rings. The molecule has 0 saturated carbocycles. The van der Waals surface area contributed by atoms with Crippen LogP contribution >= 0.6 is 0 Å². The first-order valence-corrected chi connectivity index (χ1v) is 8.69. The summed E-state index contributed by atoms with van der Waals surface area (Å²) in [6.45, 7) is 2.07. The summed E-state index contributed by atoms with van der Waals surface area (Å²) in [4.78, 5) is 27.5. The van der Waals surface area contributed by atoms with E-state index in [-0.39, 0.29) is 30.4 Å². The largest absolute Gasteiger partial charge is 0.461 e. The van der Waals surface area contributed by atoms with Crippen LogP contribution in [0.15, 0.2) is 60.7 Å². The van der Waals surface area contributed by atoms with Gasteiger partial charge in [0.05, 0.1) is 6.04 Å². The maximum absolute atomic E-state index is 13.2. The summed E-state index contributed by atoms with van der Waals surface area (Å²) in [6.07, 6.45) is 1.16. The van der Waals surface area contributed by atoms with Crippen molar-refractivity contribution in [2.75, 3.05) is 6.61 Å². The molecule has 3 atom stereocenters. The predicted molar refractivity (Wildman–Crippen MR) is 93.6 cm³/mol. The normalized spacial score (nSPS) is 28.6. The predicted octanol–water partition coefficient (Wildman–Crippen LogP) is 3.13. The minimum absolute atomic E-state index is 0.0526. The fraction of sp³-hybridized carbons (Fsp3) is 0.333. The van der Waals surface area contributed by atoms with Gasteiger partial charge in [-0.05, 0) is 30.9 Å². The first-order chi connectivity index (χ1) is 12.1. The van der Waals surface area contributed by atoms with E-state index in [2.05, 4.69) is 0 Å². The lowest BCUT2D eigenvalue weighted by molar-refractivity contribution is -0.175. The smallest absolute Gasteiger partial charge is 0.331 e. The quantitative estimate of drug-likeness (QED) is 0.810. The van der Waals surface area contributed by atoms with Gasteiger partial charge in [-0.2, -0.15) is 0 Å². The number of carbonyl (C=O) groups excluding carboxylic acids is 2. The monoisotopic (exact) mass is 335 g/mol. The number of ether oxygens (including phenoxy) is 1. The van der Waals surface area contributed by atoms with E-state index in [0.717, 1.165) is 11.1 Å². The third-order valence-electron chi connectivity index (χ3n) is 5.40. The average Bonchev–Trinajstić information content (AvgIpc) is 2.90. The minimum Gasteiger partial charge on any atom is -0.461 e. The molecule has 2 saturated heterocycles. The van der Waals surface area contributed by atoms with Gasteiger partial charge in [0.15, 0.2) is 0 Å². The maximum Gasteiger partial charge on any atom is 0.331 e. The van der Waals surface area contributed by atoms with Gasteiger partial charge in [0.25, 0.3) is 0 Å². The van der Waals surface area contributed by atoms with Gasteiger partial charge in [-0.25, -0.2) is 4.79 Å². The number of carbonyl (C=O) groups is 2. The Morgan fingerprint density at radius 1 is 1.04 bits per heavy atom. The van der Waals surface area contributed by atoms with Gasteiger partial charge in [0, 0.05) is 5.92 Å². The summed E-state index contributed by atoms with van der Waals surface area (Å²) in [5.74, 6) is -0.426. The molecule has 4 nitrogen and oxygen atoms in total. The Balaban J connectivity index is 1.67. The summed E-state index contributed by atoms with van der Waals surface area (Å²) < 4.78 is 5.48. The van der Waals surface area contributed by atoms with Crippen molar-refractivity contribution in [3.63, 3.8) is 0 Å². The Kier molecular flexibility index (Phi) is 3.83. The Bertz CT molecular complexity index is 789. The van der Waals surface area contributed by atoms with Gasteiger partial charge >= 0.3 is 5.97 Å². The van der Waals surface area contributed by atoms with Crippen molar-refractivity contribution in [1.82, 2.24) is 4.90 Å². The Hall–Kier alpha value is -2.62. The number of morpholine rings is 1. The first kappa shape index (κ1) is 15.9. The van der Waals surface area contributed by atoms with Crippen LogP contribution in [0.25, 0.3) is 0 Å². The Labute approximate surface area is 147 Å². The number of cyclic esters (lactones) is 1. The molecule has 0 N–H and O–H groups in total. The van der Waals surface area contributed by atoms with Crippen LogP contribution < -0.4 is 0 Å². The molecule has 0 aliphatic carbocycles. The topological polar surface area (TPSA) is 46.6 Å². The van der Waals surface area contributed by atoms with Crippen molar-refractivity contribution in [1.29, 1.82) is 0 Å². The zero-order chi connectivity index (χ0) is 17.4. The highest BCUT2D eigenvalue weighted by Gasteiger charge is 2.58. The third kappa shape index (κ3) is 2.62. The standard InChI is InChI=1S/C21H21NO3/c1-21-13-17(12-15-8-4-2-5-9-15)19(23)22(21)18(14-25-20(21)24)16-10-6-3-7-11-16/h2-11,17-18H,12-14H2,1H3/t17-,18-,21+/m1/s1. The molecular weight excluding hydrogens is 314 g/mol. The Morgan fingerprint density at radius 3 is 2.36 bits per heavy atom. The van der Waals surface area contributed by atoms with E-state index in [0.29, 0.717) is 12.8 Å². The second kappa shape index (κ2) is 6.03. The summed E-state index contributed by atoms with van der Waals surface area (Å²) in [5, 5.41) is 0. The SMILES string of the molecule is C[C@@]12C[C@@H](Cc3ccccc3)C(=O)N1[C@@H](c1ccccc1)COC2=O. The molecular formula is C21H21NO3. The van der Waals surface area contributed by atoms with Crippen LogP contribution in [0.5, 0.6) is 0 Å². The number of benzene rings is 2. The van der Waals surface area contributed by atoms with Crippen molar-refractivity contribution in [3.8, 4) is 0 Å². The zero-order valence-corrected chi connectivity index (χ0v) is 14.2. The number of rotatable bonds is 3. The van der Waals surface area contributed by atoms with Gasteiger partial charge in [-0.15, -0.1) is 0 Å². The zero-order valence-electron chi connectivity index (χ0n) is 14.2. The second-order valence-corrected chi connectivity index (χ2v) is 7.10. The van der Waals surface area contributed by atoms with Gasteiger partial charge in [0.2, 0.25) is 5.91 Å². The van der Waals surface area contributed by atoms with Crippen LogP contribution in [-0.4, -0.2) is 28.9 Å². The summed E-state index contributed by atoms with van der Waals surface area (Å²) in [7, 11) is 0. The van der Waals surface area contributed by atoms with Crippen molar-refractivity contribution in [3.05, 3.63) is 71.8 Å². The Morgan fingerprint density at radius 2 is 1.68 bits per heavy atom. The van der Waals surface area contributed by atoms with E-state index in [9.17, 15) is 9.59 Å². The molecule has 0 aromatic heterocycles. The van der Waals surface area contributed by atoms with Crippen LogP contribution in [0, 0.1) is 5.92 Å². The van der Waals surface area contributed by atoms with E-state index in [1.54, 1.807) is 4.90 Å².